The van der Waals surface area contributed by atoms with Crippen LogP contribution in [0.25, 0.3) is 0 Å². The summed E-state index contributed by atoms with van der Waals surface area (Å²) in [5.41, 5.74) is 0. The van der Waals surface area contributed by atoms with Crippen molar-refractivity contribution in [3.05, 3.63) is 0 Å². The summed E-state index contributed by atoms with van der Waals surface area (Å²) in [6, 6.07) is 0. The van der Waals surface area contributed by atoms with Gasteiger partial charge in [0.1, 0.15) is 13.2 Å². The van der Waals surface area contributed by atoms with Crippen LogP contribution in [0.15, 0.2) is 0 Å². The molecule has 0 saturated carbocycles. The van der Waals surface area contributed by atoms with Gasteiger partial charge in [0.25, 0.3) is 0 Å². The van der Waals surface area contributed by atoms with Crippen molar-refractivity contribution < 1.29 is 28.6 Å². The average molecular weight is 920 g/mol. The van der Waals surface area contributed by atoms with Crippen molar-refractivity contribution in [3.8, 4) is 0 Å². The smallest absolute Gasteiger partial charge is 0.306 e. The van der Waals surface area contributed by atoms with E-state index in [1.54, 1.807) is 0 Å². The van der Waals surface area contributed by atoms with Gasteiger partial charge < -0.3 is 14.2 Å². The van der Waals surface area contributed by atoms with Crippen LogP contribution in [0.4, 0.5) is 0 Å². The first-order valence-corrected chi connectivity index (χ1v) is 29.4. The molecule has 0 aliphatic heterocycles. The number of carbonyl (C=O) groups is 3. The fraction of sp³-hybridized carbons (Fsp3) is 0.949. The highest BCUT2D eigenvalue weighted by molar-refractivity contribution is 5.71. The molecule has 0 spiro atoms. The summed E-state index contributed by atoms with van der Waals surface area (Å²) in [6.07, 6.45) is 58.1. The quantitative estimate of drug-likeness (QED) is 0.0344. The molecule has 0 bridgehead atoms. The van der Waals surface area contributed by atoms with Crippen LogP contribution in [0.5, 0.6) is 0 Å². The van der Waals surface area contributed by atoms with Crippen molar-refractivity contribution in [2.24, 2.45) is 5.92 Å². The van der Waals surface area contributed by atoms with Crippen LogP contribution in [0, 0.1) is 5.92 Å². The van der Waals surface area contributed by atoms with Gasteiger partial charge in [-0.05, 0) is 25.2 Å². The van der Waals surface area contributed by atoms with Crippen molar-refractivity contribution in [1.82, 2.24) is 0 Å². The first-order chi connectivity index (χ1) is 31.9. The Kier molecular flexibility index (Phi) is 52.1. The third kappa shape index (κ3) is 53.2. The molecule has 386 valence electrons. The Morgan fingerprint density at radius 1 is 0.292 bits per heavy atom. The summed E-state index contributed by atoms with van der Waals surface area (Å²) < 4.78 is 16.9. The molecule has 0 amide bonds. The van der Waals surface area contributed by atoms with Gasteiger partial charge in [-0.3, -0.25) is 14.4 Å². The van der Waals surface area contributed by atoms with E-state index in [0.717, 1.165) is 63.7 Å². The van der Waals surface area contributed by atoms with Crippen LogP contribution in [-0.2, 0) is 28.6 Å². The van der Waals surface area contributed by atoms with E-state index < -0.39 is 6.10 Å². The van der Waals surface area contributed by atoms with E-state index in [4.69, 9.17) is 14.2 Å². The Morgan fingerprint density at radius 3 is 0.754 bits per heavy atom. The predicted molar refractivity (Wildman–Crippen MR) is 280 cm³/mol. The number of unbranched alkanes of at least 4 members (excludes halogenated alkanes) is 41. The van der Waals surface area contributed by atoms with E-state index >= 15 is 0 Å². The van der Waals surface area contributed by atoms with E-state index in [0.29, 0.717) is 19.3 Å². The van der Waals surface area contributed by atoms with E-state index in [2.05, 4.69) is 27.7 Å². The highest BCUT2D eigenvalue weighted by Crippen LogP contribution is 2.18. The molecule has 6 nitrogen and oxygen atoms in total. The van der Waals surface area contributed by atoms with E-state index in [9.17, 15) is 14.4 Å². The maximum absolute atomic E-state index is 12.8. The standard InChI is InChI=1S/C59H114O6/c1-5-7-9-11-13-15-17-18-19-20-21-22-25-29-32-36-40-44-48-52-59(62)65-56(53-63-57(60)50-46-42-38-34-16-14-12-10-8-6-2)54-64-58(61)51-47-43-39-35-31-28-26-23-24-27-30-33-37-41-45-49-55(3)4/h55-56H,5-54H2,1-4H3/t56-/m0/s1. The van der Waals surface area contributed by atoms with E-state index in [-0.39, 0.29) is 31.1 Å². The van der Waals surface area contributed by atoms with E-state index in [1.807, 2.05) is 0 Å². The van der Waals surface area contributed by atoms with Crippen molar-refractivity contribution >= 4 is 17.9 Å². The largest absolute Gasteiger partial charge is 0.462 e. The van der Waals surface area contributed by atoms with Crippen LogP contribution in [-0.4, -0.2) is 37.2 Å². The predicted octanol–water partition coefficient (Wildman–Crippen LogP) is 19.4. The maximum atomic E-state index is 12.8. The van der Waals surface area contributed by atoms with Crippen LogP contribution >= 0.6 is 0 Å². The maximum Gasteiger partial charge on any atom is 0.306 e. The minimum Gasteiger partial charge on any atom is -0.462 e. The number of carbonyl (C=O) groups excluding carboxylic acids is 3. The van der Waals surface area contributed by atoms with Crippen LogP contribution < -0.4 is 0 Å². The van der Waals surface area contributed by atoms with Gasteiger partial charge in [-0.15, -0.1) is 0 Å². The van der Waals surface area contributed by atoms with Crippen LogP contribution in [0.2, 0.25) is 0 Å². The molecule has 0 aliphatic carbocycles. The van der Waals surface area contributed by atoms with Crippen LogP contribution in [0.1, 0.15) is 336 Å². The molecule has 0 aromatic carbocycles. The Balaban J connectivity index is 4.22. The van der Waals surface area contributed by atoms with Gasteiger partial charge in [-0.1, -0.05) is 297 Å². The zero-order valence-electron chi connectivity index (χ0n) is 44.5. The summed E-state index contributed by atoms with van der Waals surface area (Å²) in [6.45, 7) is 9.06. The summed E-state index contributed by atoms with van der Waals surface area (Å²) in [4.78, 5) is 38.1. The van der Waals surface area contributed by atoms with Gasteiger partial charge in [0, 0.05) is 19.3 Å². The monoisotopic (exact) mass is 919 g/mol. The minimum absolute atomic E-state index is 0.0619. The van der Waals surface area contributed by atoms with Crippen molar-refractivity contribution in [1.29, 1.82) is 0 Å². The van der Waals surface area contributed by atoms with Crippen molar-refractivity contribution in [2.75, 3.05) is 13.2 Å². The number of ether oxygens (including phenoxy) is 3. The normalized spacial score (nSPS) is 12.0. The fourth-order valence-corrected chi connectivity index (χ4v) is 9.10. The molecule has 0 heterocycles. The van der Waals surface area contributed by atoms with E-state index in [1.165, 1.54) is 231 Å². The minimum atomic E-state index is -0.761. The molecule has 0 aromatic heterocycles. The second-order valence-corrected chi connectivity index (χ2v) is 20.8. The third-order valence-electron chi connectivity index (χ3n) is 13.5. The summed E-state index contributed by atoms with van der Waals surface area (Å²) >= 11 is 0. The first kappa shape index (κ1) is 63.4. The van der Waals surface area contributed by atoms with Crippen LogP contribution in [0.3, 0.4) is 0 Å². The van der Waals surface area contributed by atoms with Gasteiger partial charge in [0.15, 0.2) is 6.10 Å². The third-order valence-corrected chi connectivity index (χ3v) is 13.5. The molecule has 0 aliphatic rings. The molecule has 65 heavy (non-hydrogen) atoms. The average Bonchev–Trinajstić information content (AvgIpc) is 3.29. The first-order valence-electron chi connectivity index (χ1n) is 29.4. The van der Waals surface area contributed by atoms with Crippen molar-refractivity contribution in [3.63, 3.8) is 0 Å². The number of hydrogen-bond donors (Lipinski definition) is 0. The lowest BCUT2D eigenvalue weighted by Crippen LogP contribution is -2.30. The SMILES string of the molecule is CCCCCCCCCCCCCCCCCCCCCC(=O)O[C@@H](COC(=O)CCCCCCCCCCCC)COC(=O)CCCCCCCCCCCCCCCCCC(C)C. The zero-order valence-corrected chi connectivity index (χ0v) is 44.5. The highest BCUT2D eigenvalue weighted by atomic mass is 16.6. The summed E-state index contributed by atoms with van der Waals surface area (Å²) in [5.74, 6) is 0.0127. The lowest BCUT2D eigenvalue weighted by Gasteiger charge is -2.18. The fourth-order valence-electron chi connectivity index (χ4n) is 9.10. The molecule has 1 atom stereocenters. The Bertz CT molecular complexity index is 980. The van der Waals surface area contributed by atoms with Gasteiger partial charge in [0.05, 0.1) is 0 Å². The summed E-state index contributed by atoms with van der Waals surface area (Å²) in [7, 11) is 0. The Labute approximate surface area is 406 Å². The topological polar surface area (TPSA) is 78.9 Å². The molecule has 6 heteroatoms. The molecular weight excluding hydrogens is 805 g/mol. The number of esters is 3. The van der Waals surface area contributed by atoms with Gasteiger partial charge in [-0.2, -0.15) is 0 Å². The molecule has 0 radical (unpaired) electrons. The lowest BCUT2D eigenvalue weighted by molar-refractivity contribution is -0.167. The molecule has 0 rings (SSSR count). The Morgan fingerprint density at radius 2 is 0.508 bits per heavy atom. The molecule has 0 aromatic rings. The molecule has 0 fully saturated rings. The zero-order chi connectivity index (χ0) is 47.4. The molecule has 0 saturated heterocycles. The molecular formula is C59H114O6. The molecule has 0 unspecified atom stereocenters. The van der Waals surface area contributed by atoms with Gasteiger partial charge >= 0.3 is 17.9 Å². The number of hydrogen-bond acceptors (Lipinski definition) is 6. The highest BCUT2D eigenvalue weighted by Gasteiger charge is 2.19. The second kappa shape index (κ2) is 53.4. The summed E-state index contributed by atoms with van der Waals surface area (Å²) in [5, 5.41) is 0. The van der Waals surface area contributed by atoms with Crippen molar-refractivity contribution in [2.45, 2.75) is 342 Å². The number of rotatable bonds is 54. The Hall–Kier alpha value is -1.59. The van der Waals surface area contributed by atoms with Gasteiger partial charge in [0.2, 0.25) is 0 Å². The molecule has 0 N–H and O–H groups in total. The van der Waals surface area contributed by atoms with Gasteiger partial charge in [-0.25, -0.2) is 0 Å². The lowest BCUT2D eigenvalue weighted by atomic mass is 10.0. The second-order valence-electron chi connectivity index (χ2n) is 20.8.